The first-order valence-electron chi connectivity index (χ1n) is 5.11. The number of halogens is 1. The molecule has 6 heteroatoms. The number of oxime groups is 1. The van der Waals surface area contributed by atoms with Crippen LogP contribution >= 0.6 is 0 Å². The highest BCUT2D eigenvalue weighted by Gasteiger charge is 2.06. The molecule has 3 N–H and O–H groups in total. The van der Waals surface area contributed by atoms with Crippen molar-refractivity contribution in [3.63, 3.8) is 0 Å². The van der Waals surface area contributed by atoms with E-state index in [4.69, 9.17) is 20.4 Å². The van der Waals surface area contributed by atoms with Crippen LogP contribution in [0.15, 0.2) is 29.4 Å². The number of benzene rings is 1. The van der Waals surface area contributed by atoms with Gasteiger partial charge in [0.1, 0.15) is 24.3 Å². The lowest BCUT2D eigenvalue weighted by Gasteiger charge is -2.11. The molecule has 5 nitrogen and oxygen atoms in total. The molecular weight excluding hydrogens is 227 g/mol. The molecule has 1 aromatic carbocycles. The molecule has 1 atom stereocenters. The molecular formula is C11H15FN2O3. The molecule has 17 heavy (non-hydrogen) atoms. The number of amidine groups is 1. The summed E-state index contributed by atoms with van der Waals surface area (Å²) in [5.74, 6) is 0.257. The highest BCUT2D eigenvalue weighted by molar-refractivity contribution is 5.83. The fourth-order valence-electron chi connectivity index (χ4n) is 1.08. The van der Waals surface area contributed by atoms with Crippen molar-refractivity contribution in [3.05, 3.63) is 30.1 Å². The van der Waals surface area contributed by atoms with E-state index in [1.807, 2.05) is 0 Å². The SMILES string of the molecule is CC(OCCOc1ccc(F)cc1)/C(N)=N/O. The lowest BCUT2D eigenvalue weighted by Crippen LogP contribution is -2.30. The number of ether oxygens (including phenoxy) is 2. The van der Waals surface area contributed by atoms with E-state index in [2.05, 4.69) is 5.16 Å². The van der Waals surface area contributed by atoms with Gasteiger partial charge in [-0.05, 0) is 31.2 Å². The second-order valence-corrected chi connectivity index (χ2v) is 3.34. The molecule has 0 spiro atoms. The topological polar surface area (TPSA) is 77.1 Å². The molecule has 0 radical (unpaired) electrons. The molecule has 0 bridgehead atoms. The predicted octanol–water partition coefficient (Wildman–Crippen LogP) is 1.36. The molecule has 94 valence electrons. The molecule has 1 unspecified atom stereocenters. The van der Waals surface area contributed by atoms with E-state index in [1.54, 1.807) is 6.92 Å². The third-order valence-corrected chi connectivity index (χ3v) is 2.07. The highest BCUT2D eigenvalue weighted by Crippen LogP contribution is 2.10. The van der Waals surface area contributed by atoms with Gasteiger partial charge in [0.2, 0.25) is 0 Å². The zero-order valence-electron chi connectivity index (χ0n) is 9.47. The minimum absolute atomic E-state index is 0.00628. The first-order chi connectivity index (χ1) is 8.13. The maximum atomic E-state index is 12.6. The summed E-state index contributed by atoms with van der Waals surface area (Å²) in [7, 11) is 0. The minimum atomic E-state index is -0.475. The van der Waals surface area contributed by atoms with Gasteiger partial charge < -0.3 is 20.4 Å². The Morgan fingerprint density at radius 1 is 1.41 bits per heavy atom. The molecule has 0 aromatic heterocycles. The van der Waals surface area contributed by atoms with Gasteiger partial charge in [-0.3, -0.25) is 0 Å². The van der Waals surface area contributed by atoms with E-state index in [0.29, 0.717) is 12.4 Å². The van der Waals surface area contributed by atoms with Crippen LogP contribution in [0.4, 0.5) is 4.39 Å². The molecule has 0 fully saturated rings. The molecule has 1 aromatic rings. The standard InChI is InChI=1S/C11H15FN2O3/c1-8(11(13)14-15)16-6-7-17-10-4-2-9(12)3-5-10/h2-5,8,15H,6-7H2,1H3,(H2,13,14). The molecule has 0 amide bonds. The number of hydrogen-bond acceptors (Lipinski definition) is 4. The molecule has 1 rings (SSSR count). The Morgan fingerprint density at radius 3 is 2.65 bits per heavy atom. The Kier molecular flexibility index (Phi) is 5.22. The summed E-state index contributed by atoms with van der Waals surface area (Å²) in [5, 5.41) is 11.2. The zero-order chi connectivity index (χ0) is 12.7. The van der Waals surface area contributed by atoms with Crippen molar-refractivity contribution in [3.8, 4) is 5.75 Å². The van der Waals surface area contributed by atoms with Crippen LogP contribution in [0.5, 0.6) is 5.75 Å². The van der Waals surface area contributed by atoms with E-state index in [0.717, 1.165) is 0 Å². The lowest BCUT2D eigenvalue weighted by molar-refractivity contribution is 0.0778. The summed E-state index contributed by atoms with van der Waals surface area (Å²) < 4.78 is 23.1. The van der Waals surface area contributed by atoms with Crippen LogP contribution < -0.4 is 10.5 Å². The van der Waals surface area contributed by atoms with E-state index in [9.17, 15) is 4.39 Å². The third-order valence-electron chi connectivity index (χ3n) is 2.07. The smallest absolute Gasteiger partial charge is 0.168 e. The fraction of sp³-hybridized carbons (Fsp3) is 0.364. The van der Waals surface area contributed by atoms with Crippen LogP contribution in [0, 0.1) is 5.82 Å². The van der Waals surface area contributed by atoms with E-state index in [-0.39, 0.29) is 18.3 Å². The Hall–Kier alpha value is -1.82. The van der Waals surface area contributed by atoms with Gasteiger partial charge in [0.05, 0.1) is 6.61 Å². The van der Waals surface area contributed by atoms with Crippen molar-refractivity contribution < 1.29 is 19.1 Å². The third kappa shape index (κ3) is 4.69. The zero-order valence-corrected chi connectivity index (χ0v) is 9.47. The van der Waals surface area contributed by atoms with Crippen molar-refractivity contribution in [1.82, 2.24) is 0 Å². The first kappa shape index (κ1) is 13.2. The van der Waals surface area contributed by atoms with Gasteiger partial charge in [-0.1, -0.05) is 5.16 Å². The van der Waals surface area contributed by atoms with Gasteiger partial charge in [0.25, 0.3) is 0 Å². The second kappa shape index (κ2) is 6.70. The Morgan fingerprint density at radius 2 is 2.06 bits per heavy atom. The summed E-state index contributed by atoms with van der Waals surface area (Å²) in [6.45, 7) is 2.25. The van der Waals surface area contributed by atoms with Crippen LogP contribution in [-0.4, -0.2) is 30.4 Å². The first-order valence-corrected chi connectivity index (χ1v) is 5.11. The number of nitrogens with zero attached hydrogens (tertiary/aromatic N) is 1. The maximum Gasteiger partial charge on any atom is 0.168 e. The summed E-state index contributed by atoms with van der Waals surface area (Å²) >= 11 is 0. The van der Waals surface area contributed by atoms with E-state index >= 15 is 0 Å². The molecule has 0 aliphatic heterocycles. The Balaban J connectivity index is 2.22. The second-order valence-electron chi connectivity index (χ2n) is 3.34. The summed E-state index contributed by atoms with van der Waals surface area (Å²) in [6, 6.07) is 5.69. The maximum absolute atomic E-state index is 12.6. The quantitative estimate of drug-likeness (QED) is 0.259. The van der Waals surface area contributed by atoms with Crippen molar-refractivity contribution in [2.45, 2.75) is 13.0 Å². The van der Waals surface area contributed by atoms with Crippen molar-refractivity contribution >= 4 is 5.84 Å². The molecule has 0 heterocycles. The van der Waals surface area contributed by atoms with Gasteiger partial charge >= 0.3 is 0 Å². The minimum Gasteiger partial charge on any atom is -0.491 e. The van der Waals surface area contributed by atoms with Crippen LogP contribution in [0.25, 0.3) is 0 Å². The molecule has 0 aliphatic carbocycles. The lowest BCUT2D eigenvalue weighted by atomic mass is 10.3. The molecule has 0 saturated carbocycles. The van der Waals surface area contributed by atoms with Gasteiger partial charge in [-0.2, -0.15) is 0 Å². The van der Waals surface area contributed by atoms with Crippen LogP contribution in [0.1, 0.15) is 6.92 Å². The number of rotatable bonds is 6. The normalized spacial score (nSPS) is 13.4. The van der Waals surface area contributed by atoms with E-state index < -0.39 is 6.10 Å². The van der Waals surface area contributed by atoms with Crippen LogP contribution in [-0.2, 0) is 4.74 Å². The molecule has 0 aliphatic rings. The van der Waals surface area contributed by atoms with Gasteiger partial charge in [-0.25, -0.2) is 4.39 Å². The van der Waals surface area contributed by atoms with Crippen LogP contribution in [0.2, 0.25) is 0 Å². The average molecular weight is 242 g/mol. The number of hydrogen-bond donors (Lipinski definition) is 2. The Bertz CT molecular complexity index is 367. The highest BCUT2D eigenvalue weighted by atomic mass is 19.1. The monoisotopic (exact) mass is 242 g/mol. The average Bonchev–Trinajstić information content (AvgIpc) is 2.35. The van der Waals surface area contributed by atoms with Crippen molar-refractivity contribution in [2.75, 3.05) is 13.2 Å². The summed E-state index contributed by atoms with van der Waals surface area (Å²) in [5.41, 5.74) is 5.32. The van der Waals surface area contributed by atoms with Gasteiger partial charge in [0.15, 0.2) is 5.84 Å². The predicted molar refractivity (Wildman–Crippen MR) is 60.7 cm³/mol. The summed E-state index contributed by atoms with van der Waals surface area (Å²) in [4.78, 5) is 0. The van der Waals surface area contributed by atoms with E-state index in [1.165, 1.54) is 24.3 Å². The van der Waals surface area contributed by atoms with Crippen LogP contribution in [0.3, 0.4) is 0 Å². The van der Waals surface area contributed by atoms with Crippen molar-refractivity contribution in [1.29, 1.82) is 0 Å². The number of nitrogens with two attached hydrogens (primary N) is 1. The summed E-state index contributed by atoms with van der Waals surface area (Å²) in [6.07, 6.45) is -0.475. The van der Waals surface area contributed by atoms with Crippen molar-refractivity contribution in [2.24, 2.45) is 10.9 Å². The Labute approximate surface area is 98.6 Å². The van der Waals surface area contributed by atoms with Gasteiger partial charge in [-0.15, -0.1) is 0 Å². The molecule has 0 saturated heterocycles. The largest absolute Gasteiger partial charge is 0.491 e. The van der Waals surface area contributed by atoms with Gasteiger partial charge in [0, 0.05) is 0 Å². The fourth-order valence-corrected chi connectivity index (χ4v) is 1.08.